The van der Waals surface area contributed by atoms with Gasteiger partial charge in [0.1, 0.15) is 5.76 Å². The molecular weight excluding hydrogens is 306 g/mol. The molecule has 0 spiro atoms. The van der Waals surface area contributed by atoms with Crippen LogP contribution in [0.15, 0.2) is 27.8 Å². The predicted octanol–water partition coefficient (Wildman–Crippen LogP) is 1.91. The highest BCUT2D eigenvalue weighted by molar-refractivity contribution is 5.80. The first-order valence-corrected chi connectivity index (χ1v) is 9.03. The molecule has 0 amide bonds. The summed E-state index contributed by atoms with van der Waals surface area (Å²) in [6.45, 7) is 5.11. The molecule has 0 aromatic carbocycles. The molecule has 1 aromatic rings. The van der Waals surface area contributed by atoms with E-state index in [-0.39, 0.29) is 0 Å². The van der Waals surface area contributed by atoms with Crippen LogP contribution < -0.4 is 5.32 Å². The molecule has 0 bridgehead atoms. The summed E-state index contributed by atoms with van der Waals surface area (Å²) in [5.41, 5.74) is 0. The Balaban J connectivity index is 1.55. The minimum absolute atomic E-state index is 0.443. The second-order valence-corrected chi connectivity index (χ2v) is 6.50. The highest BCUT2D eigenvalue weighted by Gasteiger charge is 2.33. The second kappa shape index (κ2) is 9.08. The Hall–Kier alpha value is -1.53. The van der Waals surface area contributed by atoms with Crippen molar-refractivity contribution in [1.29, 1.82) is 0 Å². The molecular formula is C18H29N3O3. The van der Waals surface area contributed by atoms with Crippen molar-refractivity contribution in [2.45, 2.75) is 31.8 Å². The monoisotopic (exact) mass is 335 g/mol. The fourth-order valence-electron chi connectivity index (χ4n) is 3.54. The summed E-state index contributed by atoms with van der Waals surface area (Å²) in [6, 6.07) is 3.94. The number of guanidine groups is 1. The zero-order valence-corrected chi connectivity index (χ0v) is 14.6. The number of methoxy groups -OCH3 is 1. The van der Waals surface area contributed by atoms with E-state index in [9.17, 15) is 0 Å². The third kappa shape index (κ3) is 4.74. The second-order valence-electron chi connectivity index (χ2n) is 6.50. The first-order chi connectivity index (χ1) is 11.9. The van der Waals surface area contributed by atoms with Crippen LogP contribution in [0, 0.1) is 5.92 Å². The first kappa shape index (κ1) is 17.3. The quantitative estimate of drug-likeness (QED) is 0.489. The fraction of sp³-hybridized carbons (Fsp3) is 0.722. The molecule has 3 rings (SSSR count). The van der Waals surface area contributed by atoms with E-state index in [1.807, 2.05) is 12.1 Å². The molecule has 2 aliphatic rings. The summed E-state index contributed by atoms with van der Waals surface area (Å²) in [4.78, 5) is 7.11. The minimum atomic E-state index is 0.443. The molecule has 2 fully saturated rings. The number of ether oxygens (including phenoxy) is 2. The summed E-state index contributed by atoms with van der Waals surface area (Å²) >= 11 is 0. The highest BCUT2D eigenvalue weighted by Crippen LogP contribution is 2.28. The van der Waals surface area contributed by atoms with Gasteiger partial charge in [-0.1, -0.05) is 0 Å². The van der Waals surface area contributed by atoms with E-state index in [1.54, 1.807) is 13.4 Å². The van der Waals surface area contributed by atoms with Gasteiger partial charge in [-0.2, -0.15) is 0 Å². The van der Waals surface area contributed by atoms with Crippen molar-refractivity contribution in [3.8, 4) is 0 Å². The Morgan fingerprint density at radius 3 is 3.25 bits per heavy atom. The molecule has 134 valence electrons. The van der Waals surface area contributed by atoms with Crippen LogP contribution in [0.1, 0.15) is 25.0 Å². The Labute approximate surface area is 144 Å². The highest BCUT2D eigenvalue weighted by atomic mass is 16.5. The molecule has 2 atom stereocenters. The Kier molecular flexibility index (Phi) is 6.55. The van der Waals surface area contributed by atoms with Gasteiger partial charge >= 0.3 is 0 Å². The SMILES string of the molecule is COCCN=C(NCCc1ccco1)N1CC[C@@H]2OCCC[C@H]2C1. The van der Waals surface area contributed by atoms with Gasteiger partial charge in [-0.15, -0.1) is 0 Å². The van der Waals surface area contributed by atoms with Crippen LogP contribution in [0.25, 0.3) is 0 Å². The lowest BCUT2D eigenvalue weighted by atomic mass is 9.88. The van der Waals surface area contributed by atoms with Crippen LogP contribution in [0.2, 0.25) is 0 Å². The number of aliphatic imine (C=N–C) groups is 1. The molecule has 6 heteroatoms. The van der Waals surface area contributed by atoms with Crippen LogP contribution in [-0.4, -0.2) is 63.5 Å². The minimum Gasteiger partial charge on any atom is -0.469 e. The third-order valence-corrected chi connectivity index (χ3v) is 4.81. The number of furan rings is 1. The lowest BCUT2D eigenvalue weighted by Crippen LogP contribution is -2.52. The van der Waals surface area contributed by atoms with Crippen molar-refractivity contribution in [2.24, 2.45) is 10.9 Å². The standard InChI is InChI=1S/C18H29N3O3/c1-22-13-9-20-18(19-8-6-16-5-3-11-23-16)21-10-7-17-15(14-21)4-2-12-24-17/h3,5,11,15,17H,2,4,6-10,12-14H2,1H3,(H,19,20)/t15-,17-/m0/s1. The molecule has 2 aliphatic heterocycles. The van der Waals surface area contributed by atoms with Crippen molar-refractivity contribution in [3.63, 3.8) is 0 Å². The van der Waals surface area contributed by atoms with Gasteiger partial charge in [-0.25, -0.2) is 0 Å². The van der Waals surface area contributed by atoms with Gasteiger partial charge < -0.3 is 24.1 Å². The summed E-state index contributed by atoms with van der Waals surface area (Å²) in [5.74, 6) is 2.62. The van der Waals surface area contributed by atoms with E-state index in [2.05, 4.69) is 10.2 Å². The van der Waals surface area contributed by atoms with E-state index < -0.39 is 0 Å². The number of likely N-dealkylation sites (tertiary alicyclic amines) is 1. The number of fused-ring (bicyclic) bond motifs is 1. The molecule has 0 saturated carbocycles. The van der Waals surface area contributed by atoms with Crippen LogP contribution in [-0.2, 0) is 15.9 Å². The lowest BCUT2D eigenvalue weighted by Gasteiger charge is -2.42. The Bertz CT molecular complexity index is 504. The summed E-state index contributed by atoms with van der Waals surface area (Å²) in [5, 5.41) is 3.50. The number of rotatable bonds is 6. The summed E-state index contributed by atoms with van der Waals surface area (Å²) in [7, 11) is 1.71. The van der Waals surface area contributed by atoms with Crippen molar-refractivity contribution in [1.82, 2.24) is 10.2 Å². The van der Waals surface area contributed by atoms with E-state index >= 15 is 0 Å². The van der Waals surface area contributed by atoms with Gasteiger partial charge in [0.05, 0.1) is 25.5 Å². The van der Waals surface area contributed by atoms with E-state index in [4.69, 9.17) is 18.9 Å². The fourth-order valence-corrected chi connectivity index (χ4v) is 3.54. The number of hydrogen-bond donors (Lipinski definition) is 1. The normalized spacial score (nSPS) is 24.7. The number of hydrogen-bond acceptors (Lipinski definition) is 4. The van der Waals surface area contributed by atoms with Crippen LogP contribution in [0.4, 0.5) is 0 Å². The van der Waals surface area contributed by atoms with E-state index in [0.29, 0.717) is 25.2 Å². The smallest absolute Gasteiger partial charge is 0.194 e. The van der Waals surface area contributed by atoms with Gasteiger partial charge in [-0.05, 0) is 31.4 Å². The van der Waals surface area contributed by atoms with Crippen molar-refractivity contribution in [2.75, 3.05) is 46.5 Å². The Morgan fingerprint density at radius 1 is 1.46 bits per heavy atom. The molecule has 1 aromatic heterocycles. The zero-order valence-electron chi connectivity index (χ0n) is 14.6. The van der Waals surface area contributed by atoms with E-state index in [0.717, 1.165) is 50.8 Å². The number of piperidine rings is 1. The van der Waals surface area contributed by atoms with Gasteiger partial charge in [0.15, 0.2) is 5.96 Å². The molecule has 1 N–H and O–H groups in total. The third-order valence-electron chi connectivity index (χ3n) is 4.81. The average Bonchev–Trinajstić information content (AvgIpc) is 3.13. The predicted molar refractivity (Wildman–Crippen MR) is 93.2 cm³/mol. The van der Waals surface area contributed by atoms with Crippen molar-refractivity contribution in [3.05, 3.63) is 24.2 Å². The van der Waals surface area contributed by atoms with Crippen molar-refractivity contribution >= 4 is 5.96 Å². The molecule has 0 unspecified atom stereocenters. The Morgan fingerprint density at radius 2 is 2.42 bits per heavy atom. The zero-order chi connectivity index (χ0) is 16.6. The topological polar surface area (TPSA) is 59.2 Å². The lowest BCUT2D eigenvalue weighted by molar-refractivity contribution is -0.0559. The van der Waals surface area contributed by atoms with Crippen LogP contribution in [0.3, 0.4) is 0 Å². The van der Waals surface area contributed by atoms with Gasteiger partial charge in [-0.3, -0.25) is 4.99 Å². The molecule has 0 aliphatic carbocycles. The maximum Gasteiger partial charge on any atom is 0.194 e. The van der Waals surface area contributed by atoms with Gasteiger partial charge in [0.2, 0.25) is 0 Å². The van der Waals surface area contributed by atoms with Gasteiger partial charge in [0, 0.05) is 45.7 Å². The molecule has 3 heterocycles. The molecule has 24 heavy (non-hydrogen) atoms. The number of nitrogens with one attached hydrogen (secondary N) is 1. The van der Waals surface area contributed by atoms with E-state index in [1.165, 1.54) is 12.8 Å². The first-order valence-electron chi connectivity index (χ1n) is 9.03. The largest absolute Gasteiger partial charge is 0.469 e. The molecule has 2 saturated heterocycles. The summed E-state index contributed by atoms with van der Waals surface area (Å²) < 4.78 is 16.5. The number of nitrogens with zero attached hydrogens (tertiary/aromatic N) is 2. The molecule has 6 nitrogen and oxygen atoms in total. The van der Waals surface area contributed by atoms with Gasteiger partial charge in [0.25, 0.3) is 0 Å². The maximum absolute atomic E-state index is 5.92. The molecule has 0 radical (unpaired) electrons. The maximum atomic E-state index is 5.92. The van der Waals surface area contributed by atoms with Crippen LogP contribution >= 0.6 is 0 Å². The van der Waals surface area contributed by atoms with Crippen LogP contribution in [0.5, 0.6) is 0 Å². The van der Waals surface area contributed by atoms with Crippen molar-refractivity contribution < 1.29 is 13.9 Å². The summed E-state index contributed by atoms with van der Waals surface area (Å²) in [6.07, 6.45) is 6.55. The average molecular weight is 335 g/mol.